The summed E-state index contributed by atoms with van der Waals surface area (Å²) in [5.41, 5.74) is -0.941. The SMILES string of the molecule is COCCCOC(=O)N1C(C)(C)COC1(C)C. The second-order valence-electron chi connectivity index (χ2n) is 5.34. The standard InChI is InChI=1S/C12H23NO4/c1-11(2)9-17-12(3,4)13(11)10(14)16-8-6-7-15-5/h6-9H2,1-5H3. The van der Waals surface area contributed by atoms with Gasteiger partial charge in [0.05, 0.1) is 18.8 Å². The third kappa shape index (κ3) is 3.33. The number of nitrogens with zero attached hydrogens (tertiary/aromatic N) is 1. The van der Waals surface area contributed by atoms with Gasteiger partial charge in [-0.25, -0.2) is 4.79 Å². The van der Waals surface area contributed by atoms with E-state index in [0.717, 1.165) is 0 Å². The topological polar surface area (TPSA) is 48.0 Å². The molecule has 0 aromatic carbocycles. The zero-order valence-corrected chi connectivity index (χ0v) is 11.4. The number of carbonyl (C=O) groups is 1. The molecule has 0 atom stereocenters. The van der Waals surface area contributed by atoms with E-state index in [9.17, 15) is 4.79 Å². The van der Waals surface area contributed by atoms with E-state index in [-0.39, 0.29) is 11.6 Å². The number of ether oxygens (including phenoxy) is 3. The molecular weight excluding hydrogens is 222 g/mol. The van der Waals surface area contributed by atoms with Crippen LogP contribution in [-0.4, -0.2) is 49.2 Å². The average Bonchev–Trinajstić information content (AvgIpc) is 2.43. The highest BCUT2D eigenvalue weighted by Crippen LogP contribution is 2.34. The van der Waals surface area contributed by atoms with Gasteiger partial charge in [0.2, 0.25) is 0 Å². The maximum Gasteiger partial charge on any atom is 0.412 e. The summed E-state index contributed by atoms with van der Waals surface area (Å²) < 4.78 is 15.7. The van der Waals surface area contributed by atoms with Gasteiger partial charge in [0.25, 0.3) is 0 Å². The van der Waals surface area contributed by atoms with Crippen LogP contribution in [0.2, 0.25) is 0 Å². The van der Waals surface area contributed by atoms with E-state index >= 15 is 0 Å². The maximum atomic E-state index is 12.0. The van der Waals surface area contributed by atoms with Gasteiger partial charge in [0.1, 0.15) is 5.72 Å². The van der Waals surface area contributed by atoms with Crippen LogP contribution in [0, 0.1) is 0 Å². The Kier molecular flexibility index (Phi) is 4.38. The third-order valence-corrected chi connectivity index (χ3v) is 2.82. The number of carbonyl (C=O) groups excluding carboxylic acids is 1. The van der Waals surface area contributed by atoms with E-state index < -0.39 is 5.72 Å². The molecule has 0 spiro atoms. The van der Waals surface area contributed by atoms with Crippen molar-refractivity contribution >= 4 is 6.09 Å². The molecule has 1 heterocycles. The first kappa shape index (κ1) is 14.3. The van der Waals surface area contributed by atoms with Crippen LogP contribution < -0.4 is 0 Å². The Morgan fingerprint density at radius 1 is 1.29 bits per heavy atom. The summed E-state index contributed by atoms with van der Waals surface area (Å²) in [5.74, 6) is 0. The van der Waals surface area contributed by atoms with Crippen LogP contribution in [0.25, 0.3) is 0 Å². The average molecular weight is 245 g/mol. The van der Waals surface area contributed by atoms with E-state index in [1.165, 1.54) is 0 Å². The van der Waals surface area contributed by atoms with Gasteiger partial charge in [-0.1, -0.05) is 0 Å². The smallest absolute Gasteiger partial charge is 0.412 e. The van der Waals surface area contributed by atoms with Crippen LogP contribution in [0.3, 0.4) is 0 Å². The molecule has 1 saturated heterocycles. The molecule has 0 unspecified atom stereocenters. The maximum absolute atomic E-state index is 12.0. The van der Waals surface area contributed by atoms with E-state index in [1.807, 2.05) is 27.7 Å². The molecule has 0 aromatic heterocycles. The molecule has 0 bridgehead atoms. The summed E-state index contributed by atoms with van der Waals surface area (Å²) in [5, 5.41) is 0. The predicted molar refractivity (Wildman–Crippen MR) is 63.8 cm³/mol. The van der Waals surface area contributed by atoms with E-state index in [0.29, 0.717) is 26.2 Å². The second kappa shape index (κ2) is 5.23. The van der Waals surface area contributed by atoms with Crippen molar-refractivity contribution < 1.29 is 19.0 Å². The molecule has 1 aliphatic heterocycles. The fourth-order valence-corrected chi connectivity index (χ4v) is 2.11. The first-order valence-electron chi connectivity index (χ1n) is 5.91. The molecule has 5 nitrogen and oxygen atoms in total. The summed E-state index contributed by atoms with van der Waals surface area (Å²) in [4.78, 5) is 13.7. The first-order valence-corrected chi connectivity index (χ1v) is 5.91. The summed E-state index contributed by atoms with van der Waals surface area (Å²) in [6, 6.07) is 0. The molecule has 100 valence electrons. The van der Waals surface area contributed by atoms with E-state index in [1.54, 1.807) is 12.0 Å². The first-order chi connectivity index (χ1) is 7.81. The molecule has 0 saturated carbocycles. The lowest BCUT2D eigenvalue weighted by Crippen LogP contribution is -2.52. The Morgan fingerprint density at radius 3 is 2.41 bits per heavy atom. The van der Waals surface area contributed by atoms with Gasteiger partial charge in [0, 0.05) is 20.1 Å². The molecule has 0 aromatic rings. The quantitative estimate of drug-likeness (QED) is 0.711. The van der Waals surface area contributed by atoms with Crippen molar-refractivity contribution in [1.82, 2.24) is 4.90 Å². The molecule has 1 fully saturated rings. The Morgan fingerprint density at radius 2 is 1.94 bits per heavy atom. The second-order valence-corrected chi connectivity index (χ2v) is 5.34. The zero-order chi connectivity index (χ0) is 13.1. The van der Waals surface area contributed by atoms with E-state index in [2.05, 4.69) is 0 Å². The third-order valence-electron chi connectivity index (χ3n) is 2.82. The van der Waals surface area contributed by atoms with Gasteiger partial charge in [0.15, 0.2) is 0 Å². The molecule has 1 aliphatic rings. The molecule has 1 amide bonds. The van der Waals surface area contributed by atoms with Crippen molar-refractivity contribution in [2.45, 2.75) is 45.4 Å². The van der Waals surface area contributed by atoms with Crippen LogP contribution in [0.1, 0.15) is 34.1 Å². The van der Waals surface area contributed by atoms with Crippen LogP contribution in [0.15, 0.2) is 0 Å². The molecule has 0 N–H and O–H groups in total. The Labute approximate surface area is 103 Å². The van der Waals surface area contributed by atoms with Gasteiger partial charge in [-0.2, -0.15) is 0 Å². The summed E-state index contributed by atoms with van der Waals surface area (Å²) >= 11 is 0. The minimum atomic E-state index is -0.609. The molecule has 0 radical (unpaired) electrons. The fraction of sp³-hybridized carbons (Fsp3) is 0.917. The number of hydrogen-bond donors (Lipinski definition) is 0. The van der Waals surface area contributed by atoms with Crippen molar-refractivity contribution in [2.75, 3.05) is 26.9 Å². The summed E-state index contributed by atoms with van der Waals surface area (Å²) in [7, 11) is 1.63. The predicted octanol–water partition coefficient (Wildman–Crippen LogP) is 2.01. The summed E-state index contributed by atoms with van der Waals surface area (Å²) in [6.07, 6.45) is 0.381. The summed E-state index contributed by atoms with van der Waals surface area (Å²) in [6.45, 7) is 9.17. The van der Waals surface area contributed by atoms with Gasteiger partial charge in [-0.05, 0) is 27.7 Å². The normalized spacial score (nSPS) is 21.6. The van der Waals surface area contributed by atoms with Crippen molar-refractivity contribution in [3.63, 3.8) is 0 Å². The van der Waals surface area contributed by atoms with Crippen LogP contribution >= 0.6 is 0 Å². The molecular formula is C12H23NO4. The number of hydrogen-bond acceptors (Lipinski definition) is 4. The van der Waals surface area contributed by atoms with Crippen LogP contribution in [0.5, 0.6) is 0 Å². The number of amides is 1. The number of rotatable bonds is 4. The molecule has 17 heavy (non-hydrogen) atoms. The minimum absolute atomic E-state index is 0.325. The Bertz CT molecular complexity index is 260. The van der Waals surface area contributed by atoms with E-state index in [4.69, 9.17) is 14.2 Å². The van der Waals surface area contributed by atoms with Gasteiger partial charge in [-0.15, -0.1) is 0 Å². The zero-order valence-electron chi connectivity index (χ0n) is 11.4. The largest absolute Gasteiger partial charge is 0.449 e. The fourth-order valence-electron chi connectivity index (χ4n) is 2.11. The van der Waals surface area contributed by atoms with Gasteiger partial charge >= 0.3 is 6.09 Å². The van der Waals surface area contributed by atoms with Crippen molar-refractivity contribution in [1.29, 1.82) is 0 Å². The number of methoxy groups -OCH3 is 1. The minimum Gasteiger partial charge on any atom is -0.449 e. The lowest BCUT2D eigenvalue weighted by atomic mass is 10.0. The van der Waals surface area contributed by atoms with Crippen molar-refractivity contribution in [3.05, 3.63) is 0 Å². The Hall–Kier alpha value is -0.810. The van der Waals surface area contributed by atoms with Gasteiger partial charge < -0.3 is 14.2 Å². The molecule has 5 heteroatoms. The highest BCUT2D eigenvalue weighted by atomic mass is 16.6. The molecule has 0 aliphatic carbocycles. The highest BCUT2D eigenvalue weighted by molar-refractivity contribution is 5.69. The van der Waals surface area contributed by atoms with Crippen LogP contribution in [-0.2, 0) is 14.2 Å². The van der Waals surface area contributed by atoms with Crippen LogP contribution in [0.4, 0.5) is 4.79 Å². The molecule has 1 rings (SSSR count). The monoisotopic (exact) mass is 245 g/mol. The lowest BCUT2D eigenvalue weighted by Gasteiger charge is -2.36. The van der Waals surface area contributed by atoms with Gasteiger partial charge in [-0.3, -0.25) is 4.90 Å². The lowest BCUT2D eigenvalue weighted by molar-refractivity contribution is -0.0523. The highest BCUT2D eigenvalue weighted by Gasteiger charge is 2.49. The van der Waals surface area contributed by atoms with Crippen molar-refractivity contribution in [3.8, 4) is 0 Å². The Balaban J connectivity index is 2.54. The van der Waals surface area contributed by atoms with Crippen molar-refractivity contribution in [2.24, 2.45) is 0 Å².